The van der Waals surface area contributed by atoms with Crippen molar-refractivity contribution < 1.29 is 63.8 Å². The van der Waals surface area contributed by atoms with Crippen LogP contribution in [-0.4, -0.2) is 91.1 Å². The number of Topliss-reactive ketones (excluding diaryl/α,β-unsaturated/α-hetero) is 1. The molecule has 1 aliphatic heterocycles. The lowest BCUT2D eigenvalue weighted by atomic mass is 10.2. The van der Waals surface area contributed by atoms with Crippen molar-refractivity contribution in [1.29, 1.82) is 0 Å². The van der Waals surface area contributed by atoms with Gasteiger partial charge in [0, 0.05) is 0 Å². The predicted molar refractivity (Wildman–Crippen MR) is 149 cm³/mol. The van der Waals surface area contributed by atoms with E-state index < -0.39 is 66.9 Å². The number of aliphatic hydroxyl groups excluding tert-OH is 2. The maximum absolute atomic E-state index is 11.4. The zero-order valence-electron chi connectivity index (χ0n) is 19.3. The van der Waals surface area contributed by atoms with E-state index in [0.717, 1.165) is 12.5 Å². The van der Waals surface area contributed by atoms with Crippen LogP contribution in [0.5, 0.6) is 0 Å². The first kappa shape index (κ1) is 45.6. The van der Waals surface area contributed by atoms with E-state index in [1.165, 1.54) is 0 Å². The van der Waals surface area contributed by atoms with Crippen LogP contribution in [0.15, 0.2) is 30.3 Å². The molecule has 0 saturated carbocycles. The first-order valence-electron chi connectivity index (χ1n) is 9.89. The molecule has 0 radical (unpaired) electrons. The summed E-state index contributed by atoms with van der Waals surface area (Å²) in [6.07, 6.45) is -5.80. The van der Waals surface area contributed by atoms with Crippen molar-refractivity contribution in [1.82, 2.24) is 5.32 Å². The van der Waals surface area contributed by atoms with Gasteiger partial charge in [-0.25, -0.2) is 14.4 Å². The highest BCUT2D eigenvalue weighted by atomic mass is 127. The lowest BCUT2D eigenvalue weighted by molar-refractivity contribution is -0.153. The minimum atomic E-state index is -1.79. The molecule has 1 saturated heterocycles. The summed E-state index contributed by atoms with van der Waals surface area (Å²) in [4.78, 5) is 63.5. The Bertz CT molecular complexity index is 833. The first-order valence-corrected chi connectivity index (χ1v) is 12.0. The van der Waals surface area contributed by atoms with Crippen molar-refractivity contribution in [3.8, 4) is 0 Å². The molecular weight excluding hydrogens is 637 g/mol. The van der Waals surface area contributed by atoms with Crippen LogP contribution in [0.4, 0.5) is 4.79 Å². The first-order chi connectivity index (χ1) is 16.8. The Balaban J connectivity index is -0.000000147. The van der Waals surface area contributed by atoms with Crippen LogP contribution in [0.1, 0.15) is 47.6 Å². The number of carboxylic acids is 3. The number of esters is 1. The fourth-order valence-corrected chi connectivity index (χ4v) is 1.90. The highest BCUT2D eigenvalue weighted by molar-refractivity contribution is 14.1. The van der Waals surface area contributed by atoms with Crippen LogP contribution in [0.3, 0.4) is 0 Å². The summed E-state index contributed by atoms with van der Waals surface area (Å²) in [5, 5.41) is 43.1. The highest BCUT2D eigenvalue weighted by Crippen LogP contribution is 2.06. The number of aliphatic hydroxyl groups is 2. The number of aliphatic carboxylic acids is 3. The Morgan fingerprint density at radius 3 is 1.72 bits per heavy atom. The minimum absolute atomic E-state index is 0. The monoisotopic (exact) mass is 677 g/mol. The van der Waals surface area contributed by atoms with Gasteiger partial charge in [0.05, 0.1) is 19.4 Å². The molecule has 3 unspecified atom stereocenters. The maximum Gasteiger partial charge on any atom is 0.408 e. The van der Waals surface area contributed by atoms with Crippen molar-refractivity contribution in [3.63, 3.8) is 0 Å². The van der Waals surface area contributed by atoms with Crippen molar-refractivity contribution >= 4 is 58.3 Å². The fraction of sp³-hybridized carbons (Fsp3) is 0.500. The van der Waals surface area contributed by atoms with Crippen LogP contribution in [0.25, 0.3) is 0 Å². The van der Waals surface area contributed by atoms with Gasteiger partial charge in [-0.1, -0.05) is 75.2 Å². The van der Waals surface area contributed by atoms with Crippen molar-refractivity contribution in [2.75, 3.05) is 11.5 Å². The SMILES string of the molecule is C.C.C.CC(=O)C(O)CC(=O)O.CI.O=C(O)CC(O)C(=O)O.O=C1NCC(C(=O)OCc2ccccc2)O1. The molecule has 3 atom stereocenters. The molecule has 1 fully saturated rings. The summed E-state index contributed by atoms with van der Waals surface area (Å²) in [5.74, 6) is -5.06. The average Bonchev–Trinajstić information content (AvgIpc) is 3.26. The number of rotatable bonds is 9. The normalized spacial score (nSPS) is 13.7. The Hall–Kier alpha value is -3.31. The molecule has 1 aliphatic rings. The van der Waals surface area contributed by atoms with E-state index in [1.54, 1.807) is 0 Å². The van der Waals surface area contributed by atoms with E-state index in [4.69, 9.17) is 30.3 Å². The molecule has 2 rings (SSSR count). The van der Waals surface area contributed by atoms with Crippen molar-refractivity contribution in [3.05, 3.63) is 35.9 Å². The number of cyclic esters (lactones) is 1. The van der Waals surface area contributed by atoms with Gasteiger partial charge in [-0.15, -0.1) is 0 Å². The number of hydrogen-bond donors (Lipinski definition) is 6. The predicted octanol–water partition coefficient (Wildman–Crippen LogP) is 2.12. The van der Waals surface area contributed by atoms with E-state index in [1.807, 2.05) is 35.3 Å². The number of nitrogens with one attached hydrogen (secondary N) is 1. The maximum atomic E-state index is 11.4. The fourth-order valence-electron chi connectivity index (χ4n) is 1.90. The molecule has 1 heterocycles. The Morgan fingerprint density at radius 2 is 1.41 bits per heavy atom. The Morgan fingerprint density at radius 1 is 0.949 bits per heavy atom. The third kappa shape index (κ3) is 24.8. The average molecular weight is 677 g/mol. The van der Waals surface area contributed by atoms with Gasteiger partial charge in [-0.3, -0.25) is 14.4 Å². The van der Waals surface area contributed by atoms with Crippen LogP contribution < -0.4 is 5.32 Å². The lowest BCUT2D eigenvalue weighted by Gasteiger charge is -2.08. The number of hydrogen-bond acceptors (Lipinski definition) is 10. The number of ether oxygens (including phenoxy) is 2. The second kappa shape index (κ2) is 26.3. The molecule has 0 aromatic heterocycles. The van der Waals surface area contributed by atoms with Crippen molar-refractivity contribution in [2.24, 2.45) is 0 Å². The largest absolute Gasteiger partial charge is 0.481 e. The number of alkyl halides is 1. The van der Waals surface area contributed by atoms with Crippen LogP contribution in [-0.2, 0) is 40.1 Å². The summed E-state index contributed by atoms with van der Waals surface area (Å²) >= 11 is 2.15. The quantitative estimate of drug-likeness (QED) is 0.125. The molecule has 1 aromatic carbocycles. The van der Waals surface area contributed by atoms with Crippen LogP contribution in [0.2, 0.25) is 0 Å². The van der Waals surface area contributed by atoms with Crippen LogP contribution >= 0.6 is 22.6 Å². The molecule has 0 bridgehead atoms. The second-order valence-electron chi connectivity index (χ2n) is 6.54. The number of ketones is 1. The number of carbonyl (C=O) groups excluding carboxylic acids is 3. The molecule has 39 heavy (non-hydrogen) atoms. The minimum Gasteiger partial charge on any atom is -0.481 e. The number of amides is 1. The number of halogens is 1. The number of benzene rings is 1. The number of alkyl carbamates (subject to hydrolysis) is 1. The van der Waals surface area contributed by atoms with Gasteiger partial charge in [0.15, 0.2) is 11.9 Å². The molecule has 0 spiro atoms. The second-order valence-corrected chi connectivity index (χ2v) is 6.54. The molecule has 1 amide bonds. The lowest BCUT2D eigenvalue weighted by Crippen LogP contribution is -2.26. The van der Waals surface area contributed by atoms with Gasteiger partial charge in [-0.2, -0.15) is 0 Å². The van der Waals surface area contributed by atoms with Gasteiger partial charge >= 0.3 is 30.0 Å². The van der Waals surface area contributed by atoms with Gasteiger partial charge in [0.1, 0.15) is 12.7 Å². The van der Waals surface area contributed by atoms with Gasteiger partial charge in [0.2, 0.25) is 6.10 Å². The molecule has 226 valence electrons. The summed E-state index contributed by atoms with van der Waals surface area (Å²) in [7, 11) is 0. The zero-order chi connectivity index (χ0) is 28.3. The van der Waals surface area contributed by atoms with E-state index in [2.05, 4.69) is 32.6 Å². The molecule has 1 aromatic rings. The van der Waals surface area contributed by atoms with Gasteiger partial charge < -0.3 is 40.3 Å². The molecule has 0 aliphatic carbocycles. The van der Waals surface area contributed by atoms with Gasteiger partial charge in [0.25, 0.3) is 0 Å². The van der Waals surface area contributed by atoms with Crippen LogP contribution in [0, 0.1) is 0 Å². The Labute approximate surface area is 241 Å². The summed E-state index contributed by atoms with van der Waals surface area (Å²) in [6.45, 7) is 1.51. The van der Waals surface area contributed by atoms with Crippen molar-refractivity contribution in [2.45, 2.75) is 67.0 Å². The van der Waals surface area contributed by atoms with E-state index in [-0.39, 0.29) is 35.4 Å². The number of carbonyl (C=O) groups is 6. The van der Waals surface area contributed by atoms with E-state index in [9.17, 15) is 28.8 Å². The summed E-state index contributed by atoms with van der Waals surface area (Å²) in [6, 6.07) is 9.31. The van der Waals surface area contributed by atoms with Gasteiger partial charge in [-0.05, 0) is 17.4 Å². The molecule has 15 heteroatoms. The summed E-state index contributed by atoms with van der Waals surface area (Å²) in [5.41, 5.74) is 0.896. The van der Waals surface area contributed by atoms with E-state index in [0.29, 0.717) is 0 Å². The standard InChI is InChI=1S/C11H11NO4.C5H8O4.C4H6O5.CH3I.3CH4/c13-10(9-6-12-11(14)16-9)15-7-8-4-2-1-3-5-8;1-3(6)4(7)2-5(8)9;5-2(4(8)9)1-3(6)7;1-2;;;/h1-5,9H,6-7H2,(H,12,14);4,7H,2H2,1H3,(H,8,9);2,5H,1H2,(H,6,7)(H,8,9);1H3;3*1H4. The third-order valence-corrected chi connectivity index (χ3v) is 3.66. The summed E-state index contributed by atoms with van der Waals surface area (Å²) < 4.78 is 9.69. The smallest absolute Gasteiger partial charge is 0.408 e. The molecular formula is C24H40INO13. The molecule has 14 nitrogen and oxygen atoms in total. The zero-order valence-corrected chi connectivity index (χ0v) is 21.5. The Kier molecular flexibility index (Phi) is 30.8. The molecule has 6 N–H and O–H groups in total. The third-order valence-electron chi connectivity index (χ3n) is 3.66. The van der Waals surface area contributed by atoms with E-state index >= 15 is 0 Å². The number of carboxylic acid groups (broad SMARTS) is 3. The topological polar surface area (TPSA) is 234 Å². The highest BCUT2D eigenvalue weighted by Gasteiger charge is 2.30.